The van der Waals surface area contributed by atoms with Gasteiger partial charge in [0, 0.05) is 13.1 Å². The molecule has 0 atom stereocenters. The smallest absolute Gasteiger partial charge is 0.401 e. The van der Waals surface area contributed by atoms with E-state index in [1.807, 2.05) is 0 Å². The van der Waals surface area contributed by atoms with Gasteiger partial charge in [-0.25, -0.2) is 4.39 Å². The molecule has 0 saturated carbocycles. The van der Waals surface area contributed by atoms with E-state index in [9.17, 15) is 17.6 Å². The maximum absolute atomic E-state index is 13.1. The Morgan fingerprint density at radius 2 is 1.90 bits per heavy atom. The Labute approximate surface area is 122 Å². The third kappa shape index (κ3) is 4.63. The molecule has 1 aromatic carbocycles. The number of piperidine rings is 1. The minimum atomic E-state index is -4.16. The predicted octanol–water partition coefficient (Wildman–Crippen LogP) is 3.99. The second-order valence-corrected chi connectivity index (χ2v) is 5.64. The highest BCUT2D eigenvalue weighted by Gasteiger charge is 2.32. The summed E-state index contributed by atoms with van der Waals surface area (Å²) in [6.45, 7) is -0.166. The van der Waals surface area contributed by atoms with E-state index in [-0.39, 0.29) is 11.9 Å². The third-order valence-corrected chi connectivity index (χ3v) is 3.74. The summed E-state index contributed by atoms with van der Waals surface area (Å²) in [4.78, 5) is 1.38. The molecule has 1 heterocycles. The zero-order valence-corrected chi connectivity index (χ0v) is 12.2. The first kappa shape index (κ1) is 15.6. The fourth-order valence-electron chi connectivity index (χ4n) is 2.18. The fraction of sp³-hybridized carbons (Fsp3) is 0.538. The van der Waals surface area contributed by atoms with E-state index in [0.29, 0.717) is 36.2 Å². The van der Waals surface area contributed by atoms with Gasteiger partial charge >= 0.3 is 6.18 Å². The van der Waals surface area contributed by atoms with Crippen LogP contribution in [0.2, 0.25) is 0 Å². The number of likely N-dealkylation sites (tertiary alicyclic amines) is 1. The molecule has 0 radical (unpaired) electrons. The molecule has 2 rings (SSSR count). The van der Waals surface area contributed by atoms with Crippen LogP contribution in [0, 0.1) is 5.82 Å². The minimum absolute atomic E-state index is 0.128. The molecule has 0 aromatic heterocycles. The van der Waals surface area contributed by atoms with Gasteiger partial charge in [-0.1, -0.05) is 0 Å². The van der Waals surface area contributed by atoms with Crippen molar-refractivity contribution < 1.29 is 22.3 Å². The van der Waals surface area contributed by atoms with E-state index in [0.717, 1.165) is 0 Å². The number of ether oxygens (including phenoxy) is 1. The number of alkyl halides is 3. The molecule has 7 heteroatoms. The lowest BCUT2D eigenvalue weighted by atomic mass is 10.1. The average molecular weight is 356 g/mol. The Morgan fingerprint density at radius 3 is 2.45 bits per heavy atom. The fourth-order valence-corrected chi connectivity index (χ4v) is 2.54. The highest BCUT2D eigenvalue weighted by molar-refractivity contribution is 9.10. The number of hydrogen-bond acceptors (Lipinski definition) is 2. The monoisotopic (exact) mass is 355 g/mol. The number of benzene rings is 1. The number of halogens is 5. The Morgan fingerprint density at radius 1 is 1.25 bits per heavy atom. The summed E-state index contributed by atoms with van der Waals surface area (Å²) < 4.78 is 55.8. The summed E-state index contributed by atoms with van der Waals surface area (Å²) in [7, 11) is 0. The van der Waals surface area contributed by atoms with Gasteiger partial charge in [0.25, 0.3) is 0 Å². The standard InChI is InChI=1S/C13H14BrF4NO/c14-11-7-10(1-2-12(11)15)20-9-3-5-19(6-4-9)8-13(16,17)18/h1-2,7,9H,3-6,8H2. The molecule has 0 aliphatic carbocycles. The van der Waals surface area contributed by atoms with Gasteiger partial charge in [0.15, 0.2) is 0 Å². The van der Waals surface area contributed by atoms with E-state index in [4.69, 9.17) is 4.74 Å². The van der Waals surface area contributed by atoms with Crippen molar-refractivity contribution in [3.63, 3.8) is 0 Å². The second kappa shape index (κ2) is 6.30. The molecule has 2 nitrogen and oxygen atoms in total. The molecule has 1 aromatic rings. The van der Waals surface area contributed by atoms with Crippen LogP contribution in [-0.4, -0.2) is 36.8 Å². The van der Waals surface area contributed by atoms with Crippen LogP contribution in [-0.2, 0) is 0 Å². The Hall–Kier alpha value is -0.820. The maximum Gasteiger partial charge on any atom is 0.401 e. The van der Waals surface area contributed by atoms with Crippen LogP contribution < -0.4 is 4.74 Å². The lowest BCUT2D eigenvalue weighted by molar-refractivity contribution is -0.149. The highest BCUT2D eigenvalue weighted by Crippen LogP contribution is 2.25. The molecule has 1 fully saturated rings. The highest BCUT2D eigenvalue weighted by atomic mass is 79.9. The minimum Gasteiger partial charge on any atom is -0.490 e. The van der Waals surface area contributed by atoms with Crippen LogP contribution in [0.1, 0.15) is 12.8 Å². The normalized spacial score (nSPS) is 18.2. The Balaban J connectivity index is 1.83. The molecule has 20 heavy (non-hydrogen) atoms. The topological polar surface area (TPSA) is 12.5 Å². The van der Waals surface area contributed by atoms with Crippen molar-refractivity contribution in [1.29, 1.82) is 0 Å². The largest absolute Gasteiger partial charge is 0.490 e. The first-order chi connectivity index (χ1) is 9.33. The van der Waals surface area contributed by atoms with Crippen LogP contribution in [0.4, 0.5) is 17.6 Å². The zero-order chi connectivity index (χ0) is 14.8. The van der Waals surface area contributed by atoms with Crippen LogP contribution in [0.15, 0.2) is 22.7 Å². The molecule has 0 unspecified atom stereocenters. The van der Waals surface area contributed by atoms with E-state index >= 15 is 0 Å². The van der Waals surface area contributed by atoms with Gasteiger partial charge in [-0.15, -0.1) is 0 Å². The Kier molecular flexibility index (Phi) is 4.90. The summed E-state index contributed by atoms with van der Waals surface area (Å²) in [6, 6.07) is 4.33. The summed E-state index contributed by atoms with van der Waals surface area (Å²) in [5.74, 6) is 0.143. The van der Waals surface area contributed by atoms with Gasteiger partial charge in [0.05, 0.1) is 11.0 Å². The maximum atomic E-state index is 13.1. The van der Waals surface area contributed by atoms with Crippen molar-refractivity contribution in [1.82, 2.24) is 4.90 Å². The van der Waals surface area contributed by atoms with Crippen LogP contribution in [0.3, 0.4) is 0 Å². The van der Waals surface area contributed by atoms with Crippen molar-refractivity contribution >= 4 is 15.9 Å². The molecule has 1 aliphatic heterocycles. The quantitative estimate of drug-likeness (QED) is 0.760. The first-order valence-corrected chi connectivity index (χ1v) is 7.03. The third-order valence-electron chi connectivity index (χ3n) is 3.13. The van der Waals surface area contributed by atoms with Crippen molar-refractivity contribution in [3.05, 3.63) is 28.5 Å². The van der Waals surface area contributed by atoms with Gasteiger partial charge in [-0.3, -0.25) is 4.90 Å². The molecule has 112 valence electrons. The van der Waals surface area contributed by atoms with Gasteiger partial charge in [0.1, 0.15) is 17.7 Å². The summed E-state index contributed by atoms with van der Waals surface area (Å²) in [6.07, 6.45) is -3.22. The van der Waals surface area contributed by atoms with Crippen molar-refractivity contribution in [3.8, 4) is 5.75 Å². The van der Waals surface area contributed by atoms with Crippen molar-refractivity contribution in [2.75, 3.05) is 19.6 Å². The summed E-state index contributed by atoms with van der Waals surface area (Å²) in [5, 5.41) is 0. The Bertz CT molecular complexity index is 458. The number of hydrogen-bond donors (Lipinski definition) is 0. The molecule has 0 spiro atoms. The number of nitrogens with zero attached hydrogens (tertiary/aromatic N) is 1. The predicted molar refractivity (Wildman–Crippen MR) is 70.2 cm³/mol. The van der Waals surface area contributed by atoms with Crippen molar-refractivity contribution in [2.24, 2.45) is 0 Å². The van der Waals surface area contributed by atoms with E-state index in [2.05, 4.69) is 15.9 Å². The lowest BCUT2D eigenvalue weighted by Gasteiger charge is -2.32. The van der Waals surface area contributed by atoms with Gasteiger partial charge in [-0.05, 0) is 47.0 Å². The molecule has 0 bridgehead atoms. The van der Waals surface area contributed by atoms with E-state index < -0.39 is 12.7 Å². The van der Waals surface area contributed by atoms with Crippen LogP contribution in [0.25, 0.3) is 0 Å². The van der Waals surface area contributed by atoms with E-state index in [1.165, 1.54) is 23.1 Å². The molecule has 0 amide bonds. The average Bonchev–Trinajstić information content (AvgIpc) is 2.35. The van der Waals surface area contributed by atoms with Gasteiger partial charge in [-0.2, -0.15) is 13.2 Å². The van der Waals surface area contributed by atoms with Crippen LogP contribution >= 0.6 is 15.9 Å². The second-order valence-electron chi connectivity index (χ2n) is 4.78. The summed E-state index contributed by atoms with van der Waals surface area (Å²) in [5.41, 5.74) is 0. The molecule has 0 N–H and O–H groups in total. The number of rotatable bonds is 3. The zero-order valence-electron chi connectivity index (χ0n) is 10.6. The van der Waals surface area contributed by atoms with Crippen molar-refractivity contribution in [2.45, 2.75) is 25.1 Å². The van der Waals surface area contributed by atoms with Crippen LogP contribution in [0.5, 0.6) is 5.75 Å². The molecular formula is C13H14BrF4NO. The van der Waals surface area contributed by atoms with Gasteiger partial charge < -0.3 is 4.74 Å². The van der Waals surface area contributed by atoms with E-state index in [1.54, 1.807) is 0 Å². The molecule has 1 aliphatic rings. The molecule has 1 saturated heterocycles. The molecular weight excluding hydrogens is 342 g/mol. The first-order valence-electron chi connectivity index (χ1n) is 6.24. The SMILES string of the molecule is Fc1ccc(OC2CCN(CC(F)(F)F)CC2)cc1Br. The summed E-state index contributed by atoms with van der Waals surface area (Å²) >= 11 is 3.07. The van der Waals surface area contributed by atoms with Gasteiger partial charge in [0.2, 0.25) is 0 Å². The lowest BCUT2D eigenvalue weighted by Crippen LogP contribution is -2.42.